The van der Waals surface area contributed by atoms with Gasteiger partial charge in [0.15, 0.2) is 0 Å². The highest BCUT2D eigenvalue weighted by Crippen LogP contribution is 2.41. The molecule has 0 spiro atoms. The molecule has 0 N–H and O–H groups in total. The number of carbonyl (C=O) groups excluding carboxylic acids is 1. The van der Waals surface area contributed by atoms with Gasteiger partial charge in [-0.2, -0.15) is 0 Å². The Balaban J connectivity index is 2.08. The van der Waals surface area contributed by atoms with Crippen molar-refractivity contribution in [2.24, 2.45) is 5.92 Å². The van der Waals surface area contributed by atoms with E-state index < -0.39 is 0 Å². The van der Waals surface area contributed by atoms with Crippen molar-refractivity contribution in [3.05, 3.63) is 35.4 Å². The maximum Gasteiger partial charge on any atom is 0.230 e. The summed E-state index contributed by atoms with van der Waals surface area (Å²) in [6.45, 7) is 0.942. The first-order valence-corrected chi connectivity index (χ1v) is 5.60. The normalized spacial score (nSPS) is 28.9. The summed E-state index contributed by atoms with van der Waals surface area (Å²) in [7, 11) is 1.92. The third kappa shape index (κ3) is 1.21. The van der Waals surface area contributed by atoms with E-state index in [2.05, 4.69) is 18.2 Å². The van der Waals surface area contributed by atoms with E-state index in [1.165, 1.54) is 11.1 Å². The maximum absolute atomic E-state index is 12.0. The highest BCUT2D eigenvalue weighted by molar-refractivity contribution is 5.86. The van der Waals surface area contributed by atoms with E-state index in [1.807, 2.05) is 18.0 Å². The first-order chi connectivity index (χ1) is 7.27. The Labute approximate surface area is 89.9 Å². The average Bonchev–Trinajstić information content (AvgIpc) is 2.55. The number of fused-ring (bicyclic) bond motifs is 3. The minimum Gasteiger partial charge on any atom is -0.345 e. The monoisotopic (exact) mass is 201 g/mol. The molecular formula is C13H15NO. The van der Waals surface area contributed by atoms with Crippen LogP contribution in [0, 0.1) is 5.92 Å². The fourth-order valence-corrected chi connectivity index (χ4v) is 3.04. The Morgan fingerprint density at radius 1 is 1.33 bits per heavy atom. The van der Waals surface area contributed by atoms with Gasteiger partial charge in [-0.1, -0.05) is 24.3 Å². The number of nitrogens with zero attached hydrogens (tertiary/aromatic N) is 1. The zero-order valence-electron chi connectivity index (χ0n) is 8.94. The minimum atomic E-state index is 0.153. The van der Waals surface area contributed by atoms with Crippen LogP contribution >= 0.6 is 0 Å². The zero-order valence-corrected chi connectivity index (χ0v) is 8.94. The summed E-state index contributed by atoms with van der Waals surface area (Å²) in [5.41, 5.74) is 2.66. The van der Waals surface area contributed by atoms with Crippen molar-refractivity contribution in [2.45, 2.75) is 18.8 Å². The molecule has 0 unspecified atom stereocenters. The van der Waals surface area contributed by atoms with Crippen LogP contribution in [-0.2, 0) is 11.2 Å². The van der Waals surface area contributed by atoms with Crippen LogP contribution in [-0.4, -0.2) is 24.4 Å². The van der Waals surface area contributed by atoms with Crippen molar-refractivity contribution >= 4 is 5.91 Å². The van der Waals surface area contributed by atoms with Crippen LogP contribution in [0.4, 0.5) is 0 Å². The average molecular weight is 201 g/mol. The number of hydrogen-bond acceptors (Lipinski definition) is 1. The van der Waals surface area contributed by atoms with Gasteiger partial charge in [-0.05, 0) is 29.9 Å². The number of rotatable bonds is 0. The lowest BCUT2D eigenvalue weighted by molar-refractivity contribution is -0.128. The van der Waals surface area contributed by atoms with E-state index in [9.17, 15) is 4.79 Å². The molecule has 1 heterocycles. The number of benzene rings is 1. The molecule has 1 aromatic rings. The zero-order chi connectivity index (χ0) is 10.4. The van der Waals surface area contributed by atoms with Crippen LogP contribution in [0.3, 0.4) is 0 Å². The summed E-state index contributed by atoms with van der Waals surface area (Å²) in [5.74, 6) is 1.02. The van der Waals surface area contributed by atoms with Crippen LogP contribution in [0.15, 0.2) is 24.3 Å². The predicted molar refractivity (Wildman–Crippen MR) is 58.6 cm³/mol. The Morgan fingerprint density at radius 3 is 3.00 bits per heavy atom. The minimum absolute atomic E-state index is 0.153. The number of hydrogen-bond donors (Lipinski definition) is 0. The molecular weight excluding hydrogens is 186 g/mol. The van der Waals surface area contributed by atoms with Crippen molar-refractivity contribution in [3.63, 3.8) is 0 Å². The van der Waals surface area contributed by atoms with Crippen molar-refractivity contribution in [3.8, 4) is 0 Å². The summed E-state index contributed by atoms with van der Waals surface area (Å²) in [4.78, 5) is 13.9. The molecule has 2 aliphatic rings. The van der Waals surface area contributed by atoms with Crippen molar-refractivity contribution in [1.29, 1.82) is 0 Å². The topological polar surface area (TPSA) is 20.3 Å². The van der Waals surface area contributed by atoms with Crippen molar-refractivity contribution in [2.75, 3.05) is 13.6 Å². The van der Waals surface area contributed by atoms with E-state index in [0.717, 1.165) is 19.4 Å². The molecule has 1 aliphatic heterocycles. The molecule has 2 heteroatoms. The lowest BCUT2D eigenvalue weighted by atomic mass is 9.77. The van der Waals surface area contributed by atoms with Crippen LogP contribution < -0.4 is 0 Å². The summed E-state index contributed by atoms with van der Waals surface area (Å²) in [6, 6.07) is 8.41. The van der Waals surface area contributed by atoms with Gasteiger partial charge in [0, 0.05) is 13.6 Å². The van der Waals surface area contributed by atoms with Crippen LogP contribution in [0.5, 0.6) is 0 Å². The largest absolute Gasteiger partial charge is 0.345 e. The number of likely N-dealkylation sites (N-methyl/N-ethyl adjacent to an activating group) is 1. The van der Waals surface area contributed by atoms with Gasteiger partial charge in [0.1, 0.15) is 0 Å². The van der Waals surface area contributed by atoms with Gasteiger partial charge in [0.25, 0.3) is 0 Å². The predicted octanol–water partition coefficient (Wildman–Crippen LogP) is 1.80. The second kappa shape index (κ2) is 3.09. The quantitative estimate of drug-likeness (QED) is 0.627. The van der Waals surface area contributed by atoms with Crippen molar-refractivity contribution in [1.82, 2.24) is 4.90 Å². The Morgan fingerprint density at radius 2 is 2.13 bits per heavy atom. The molecule has 2 nitrogen and oxygen atoms in total. The SMILES string of the molecule is CN1C[C@H]2CCc3ccccc3[C@H]2C1=O. The van der Waals surface area contributed by atoms with Gasteiger partial charge in [0.05, 0.1) is 5.92 Å². The van der Waals surface area contributed by atoms with Gasteiger partial charge in [-0.25, -0.2) is 0 Å². The Kier molecular flexibility index (Phi) is 1.84. The van der Waals surface area contributed by atoms with Gasteiger partial charge < -0.3 is 4.90 Å². The van der Waals surface area contributed by atoms with Crippen LogP contribution in [0.1, 0.15) is 23.5 Å². The molecule has 1 saturated heterocycles. The first kappa shape index (κ1) is 8.96. The highest BCUT2D eigenvalue weighted by Gasteiger charge is 2.42. The number of amides is 1. The number of carbonyl (C=O) groups is 1. The molecule has 2 atom stereocenters. The Hall–Kier alpha value is -1.31. The lowest BCUT2D eigenvalue weighted by Crippen LogP contribution is -2.23. The summed E-state index contributed by atoms with van der Waals surface area (Å²) < 4.78 is 0. The van der Waals surface area contributed by atoms with E-state index in [1.54, 1.807) is 0 Å². The Bertz CT molecular complexity index is 413. The molecule has 0 radical (unpaired) electrons. The second-order valence-electron chi connectivity index (χ2n) is 4.69. The fourth-order valence-electron chi connectivity index (χ4n) is 3.04. The van der Waals surface area contributed by atoms with E-state index in [0.29, 0.717) is 11.8 Å². The van der Waals surface area contributed by atoms with Gasteiger partial charge in [-0.3, -0.25) is 4.79 Å². The van der Waals surface area contributed by atoms with Crippen LogP contribution in [0.2, 0.25) is 0 Å². The van der Waals surface area contributed by atoms with Gasteiger partial charge in [-0.15, -0.1) is 0 Å². The van der Waals surface area contributed by atoms with E-state index >= 15 is 0 Å². The van der Waals surface area contributed by atoms with Crippen molar-refractivity contribution < 1.29 is 4.79 Å². The maximum atomic E-state index is 12.0. The highest BCUT2D eigenvalue weighted by atomic mass is 16.2. The summed E-state index contributed by atoms with van der Waals surface area (Å²) in [5, 5.41) is 0. The van der Waals surface area contributed by atoms with Crippen LogP contribution in [0.25, 0.3) is 0 Å². The first-order valence-electron chi connectivity index (χ1n) is 5.60. The number of aryl methyl sites for hydroxylation is 1. The van der Waals surface area contributed by atoms with E-state index in [4.69, 9.17) is 0 Å². The van der Waals surface area contributed by atoms with E-state index in [-0.39, 0.29) is 5.92 Å². The van der Waals surface area contributed by atoms with Gasteiger partial charge in [0.2, 0.25) is 5.91 Å². The molecule has 15 heavy (non-hydrogen) atoms. The second-order valence-corrected chi connectivity index (χ2v) is 4.69. The molecule has 78 valence electrons. The lowest BCUT2D eigenvalue weighted by Gasteiger charge is -2.25. The molecule has 1 fully saturated rings. The standard InChI is InChI=1S/C13H15NO/c1-14-8-10-7-6-9-4-2-3-5-11(9)12(10)13(14)15/h2-5,10,12H,6-8H2,1H3/t10-,12+/m1/s1. The molecule has 1 amide bonds. The fraction of sp³-hybridized carbons (Fsp3) is 0.462. The third-order valence-corrected chi connectivity index (χ3v) is 3.80. The molecule has 3 rings (SSSR count). The number of likely N-dealkylation sites (tertiary alicyclic amines) is 1. The summed E-state index contributed by atoms with van der Waals surface area (Å²) >= 11 is 0. The van der Waals surface area contributed by atoms with Gasteiger partial charge >= 0.3 is 0 Å². The molecule has 0 bridgehead atoms. The molecule has 1 aromatic carbocycles. The molecule has 0 saturated carbocycles. The summed E-state index contributed by atoms with van der Waals surface area (Å²) in [6.07, 6.45) is 2.30. The third-order valence-electron chi connectivity index (χ3n) is 3.80. The molecule has 0 aromatic heterocycles. The molecule has 1 aliphatic carbocycles. The smallest absolute Gasteiger partial charge is 0.230 e.